The molecule has 0 bridgehead atoms. The number of anilines is 1. The van der Waals surface area contributed by atoms with Gasteiger partial charge in [0.1, 0.15) is 5.84 Å². The molecule has 94 valence electrons. The van der Waals surface area contributed by atoms with Crippen LogP contribution < -0.4 is 4.90 Å². The summed E-state index contributed by atoms with van der Waals surface area (Å²) in [6.07, 6.45) is 0. The number of hydrogen-bond acceptors (Lipinski definition) is 2. The van der Waals surface area contributed by atoms with Crippen LogP contribution in [0.1, 0.15) is 31.9 Å². The van der Waals surface area contributed by atoms with Crippen molar-refractivity contribution >= 4 is 11.5 Å². The maximum atomic E-state index is 4.60. The van der Waals surface area contributed by atoms with E-state index in [0.29, 0.717) is 0 Å². The van der Waals surface area contributed by atoms with E-state index >= 15 is 0 Å². The summed E-state index contributed by atoms with van der Waals surface area (Å²) in [5.74, 6) is 0.982. The number of amidine groups is 1. The highest BCUT2D eigenvalue weighted by atomic mass is 15.2. The lowest BCUT2D eigenvalue weighted by molar-refractivity contribution is 1.07. The van der Waals surface area contributed by atoms with E-state index in [1.807, 2.05) is 13.8 Å². The molecule has 0 unspecified atom stereocenters. The Morgan fingerprint density at radius 2 is 1.72 bits per heavy atom. The molecule has 0 atom stereocenters. The molecule has 0 fully saturated rings. The Morgan fingerprint density at radius 1 is 1.06 bits per heavy atom. The standard InChI is InChI=1S/C16H20N2/c1-10-7-8-16(11(2)9-10)18-14(5)12(3)13(4)17-15(18)6/h7-9H,5H2,1-4,6H3. The topological polar surface area (TPSA) is 15.6 Å². The average Bonchev–Trinajstić information content (AvgIpc) is 2.29. The Labute approximate surface area is 109 Å². The van der Waals surface area contributed by atoms with Crippen LogP contribution in [0, 0.1) is 13.8 Å². The molecule has 1 aromatic carbocycles. The summed E-state index contributed by atoms with van der Waals surface area (Å²) >= 11 is 0. The zero-order chi connectivity index (χ0) is 13.4. The number of nitrogens with zero attached hydrogens (tertiary/aromatic N) is 2. The SMILES string of the molecule is C=C1C(C)=C(C)N=C(C)N1c1ccc(C)cc1C. The number of hydrogen-bond donors (Lipinski definition) is 0. The molecule has 1 aliphatic rings. The quantitative estimate of drug-likeness (QED) is 0.712. The van der Waals surface area contributed by atoms with Crippen LogP contribution in [0.3, 0.4) is 0 Å². The molecule has 18 heavy (non-hydrogen) atoms. The molecule has 2 heteroatoms. The molecule has 0 saturated heterocycles. The molecule has 0 aliphatic carbocycles. The normalized spacial score (nSPS) is 16.2. The van der Waals surface area contributed by atoms with Crippen LogP contribution in [0.5, 0.6) is 0 Å². The number of aryl methyl sites for hydroxylation is 2. The summed E-state index contributed by atoms with van der Waals surface area (Å²) < 4.78 is 0. The molecule has 1 aromatic rings. The predicted octanol–water partition coefficient (Wildman–Crippen LogP) is 4.35. The third-order valence-corrected chi connectivity index (χ3v) is 3.49. The third-order valence-electron chi connectivity index (χ3n) is 3.49. The van der Waals surface area contributed by atoms with Crippen LogP contribution >= 0.6 is 0 Å². The van der Waals surface area contributed by atoms with Crippen molar-refractivity contribution in [3.05, 3.63) is 52.9 Å². The Hall–Kier alpha value is -1.83. The molecule has 1 heterocycles. The van der Waals surface area contributed by atoms with Crippen LogP contribution in [0.2, 0.25) is 0 Å². The fourth-order valence-electron chi connectivity index (χ4n) is 2.32. The maximum absolute atomic E-state index is 4.60. The number of aliphatic imine (C=N–C) groups is 1. The van der Waals surface area contributed by atoms with Crippen LogP contribution in [-0.2, 0) is 0 Å². The van der Waals surface area contributed by atoms with Crippen molar-refractivity contribution in [1.29, 1.82) is 0 Å². The summed E-state index contributed by atoms with van der Waals surface area (Å²) in [6.45, 7) is 14.6. The van der Waals surface area contributed by atoms with Crippen LogP contribution in [-0.4, -0.2) is 5.84 Å². The van der Waals surface area contributed by atoms with E-state index < -0.39 is 0 Å². The maximum Gasteiger partial charge on any atom is 0.110 e. The monoisotopic (exact) mass is 240 g/mol. The minimum atomic E-state index is 0.982. The van der Waals surface area contributed by atoms with Crippen molar-refractivity contribution in [2.75, 3.05) is 4.90 Å². The molecule has 2 rings (SSSR count). The number of benzene rings is 1. The lowest BCUT2D eigenvalue weighted by Gasteiger charge is -2.32. The van der Waals surface area contributed by atoms with Gasteiger partial charge in [0.25, 0.3) is 0 Å². The largest absolute Gasteiger partial charge is 0.299 e. The van der Waals surface area contributed by atoms with E-state index in [-0.39, 0.29) is 0 Å². The highest BCUT2D eigenvalue weighted by Gasteiger charge is 2.21. The van der Waals surface area contributed by atoms with E-state index in [1.54, 1.807) is 0 Å². The van der Waals surface area contributed by atoms with Gasteiger partial charge in [-0.2, -0.15) is 0 Å². The third kappa shape index (κ3) is 1.99. The molecule has 0 radical (unpaired) electrons. The van der Waals surface area contributed by atoms with E-state index in [4.69, 9.17) is 0 Å². The highest BCUT2D eigenvalue weighted by molar-refractivity contribution is 6.02. The van der Waals surface area contributed by atoms with Crippen LogP contribution in [0.15, 0.2) is 46.7 Å². The molecule has 2 nitrogen and oxygen atoms in total. The van der Waals surface area contributed by atoms with Gasteiger partial charge >= 0.3 is 0 Å². The minimum Gasteiger partial charge on any atom is -0.299 e. The van der Waals surface area contributed by atoms with E-state index in [0.717, 1.165) is 22.8 Å². The smallest absolute Gasteiger partial charge is 0.110 e. The van der Waals surface area contributed by atoms with E-state index in [1.165, 1.54) is 16.8 Å². The molecule has 0 spiro atoms. The van der Waals surface area contributed by atoms with Crippen molar-refractivity contribution in [2.45, 2.75) is 34.6 Å². The van der Waals surface area contributed by atoms with Gasteiger partial charge < -0.3 is 0 Å². The fourth-order valence-corrected chi connectivity index (χ4v) is 2.32. The first-order chi connectivity index (χ1) is 8.41. The van der Waals surface area contributed by atoms with Gasteiger partial charge in [0.2, 0.25) is 0 Å². The number of rotatable bonds is 1. The van der Waals surface area contributed by atoms with Crippen LogP contribution in [0.4, 0.5) is 5.69 Å². The Balaban J connectivity index is 2.53. The van der Waals surface area contributed by atoms with E-state index in [9.17, 15) is 0 Å². The zero-order valence-corrected chi connectivity index (χ0v) is 11.8. The highest BCUT2D eigenvalue weighted by Crippen LogP contribution is 2.31. The second-order valence-electron chi connectivity index (χ2n) is 4.94. The Bertz CT molecular complexity index is 575. The van der Waals surface area contributed by atoms with Crippen molar-refractivity contribution in [1.82, 2.24) is 0 Å². The molecule has 0 saturated carbocycles. The van der Waals surface area contributed by atoms with Gasteiger partial charge in [-0.05, 0) is 51.8 Å². The van der Waals surface area contributed by atoms with E-state index in [2.05, 4.69) is 55.4 Å². The predicted molar refractivity (Wildman–Crippen MR) is 79.0 cm³/mol. The summed E-state index contributed by atoms with van der Waals surface area (Å²) in [5, 5.41) is 0. The minimum absolute atomic E-state index is 0.982. The Kier molecular flexibility index (Phi) is 3.12. The summed E-state index contributed by atoms with van der Waals surface area (Å²) in [7, 11) is 0. The van der Waals surface area contributed by atoms with Gasteiger partial charge in [-0.1, -0.05) is 24.3 Å². The second-order valence-corrected chi connectivity index (χ2v) is 4.94. The summed E-state index contributed by atoms with van der Waals surface area (Å²) in [6, 6.07) is 6.46. The first-order valence-electron chi connectivity index (χ1n) is 6.21. The van der Waals surface area contributed by atoms with Gasteiger partial charge in [0.05, 0.1) is 5.69 Å². The van der Waals surface area contributed by atoms with Gasteiger partial charge in [0, 0.05) is 11.4 Å². The zero-order valence-electron chi connectivity index (χ0n) is 11.8. The van der Waals surface area contributed by atoms with Crippen molar-refractivity contribution in [3.8, 4) is 0 Å². The molecule has 0 aromatic heterocycles. The van der Waals surface area contributed by atoms with Gasteiger partial charge in [-0.25, -0.2) is 4.99 Å². The summed E-state index contributed by atoms with van der Waals surface area (Å²) in [4.78, 5) is 6.73. The molecular formula is C16H20N2. The van der Waals surface area contributed by atoms with Crippen molar-refractivity contribution < 1.29 is 0 Å². The number of allylic oxidation sites excluding steroid dienone is 2. The first kappa shape index (κ1) is 12.6. The first-order valence-corrected chi connectivity index (χ1v) is 6.21. The van der Waals surface area contributed by atoms with Crippen LogP contribution in [0.25, 0.3) is 0 Å². The average molecular weight is 240 g/mol. The lowest BCUT2D eigenvalue weighted by Crippen LogP contribution is -2.31. The van der Waals surface area contributed by atoms with Gasteiger partial charge in [-0.3, -0.25) is 4.90 Å². The van der Waals surface area contributed by atoms with Gasteiger partial charge in [0.15, 0.2) is 0 Å². The second kappa shape index (κ2) is 4.45. The van der Waals surface area contributed by atoms with Crippen molar-refractivity contribution in [2.24, 2.45) is 4.99 Å². The molecule has 0 amide bonds. The molecular weight excluding hydrogens is 220 g/mol. The summed E-state index contributed by atoms with van der Waals surface area (Å²) in [5.41, 5.74) is 6.92. The lowest BCUT2D eigenvalue weighted by atomic mass is 10.1. The molecule has 0 N–H and O–H groups in total. The van der Waals surface area contributed by atoms with Crippen molar-refractivity contribution in [3.63, 3.8) is 0 Å². The van der Waals surface area contributed by atoms with Gasteiger partial charge in [-0.15, -0.1) is 0 Å². The molecule has 1 aliphatic heterocycles. The Morgan fingerprint density at radius 3 is 2.33 bits per heavy atom. The fraction of sp³-hybridized carbons (Fsp3) is 0.312.